The zero-order valence-electron chi connectivity index (χ0n) is 26.9. The van der Waals surface area contributed by atoms with Gasteiger partial charge in [-0.15, -0.1) is 0 Å². The van der Waals surface area contributed by atoms with Crippen molar-refractivity contribution in [1.29, 1.82) is 5.41 Å². The second kappa shape index (κ2) is 22.5. The Balaban J connectivity index is 0. The number of rotatable bonds is 12. The van der Waals surface area contributed by atoms with Crippen molar-refractivity contribution < 1.29 is 26.7 Å². The number of ether oxygens (including phenoxy) is 2. The number of halogens is 2. The van der Waals surface area contributed by atoms with Gasteiger partial charge in [0.25, 0.3) is 0 Å². The first-order valence-electron chi connectivity index (χ1n) is 14.2. The summed E-state index contributed by atoms with van der Waals surface area (Å²) in [7, 11) is -2.10. The lowest BCUT2D eigenvalue weighted by Gasteiger charge is -2.25. The first kappa shape index (κ1) is 41.0. The topological polar surface area (TPSA) is 76.5 Å². The number of sulfone groups is 1. The Morgan fingerprint density at radius 2 is 1.62 bits per heavy atom. The van der Waals surface area contributed by atoms with Crippen molar-refractivity contribution in [1.82, 2.24) is 0 Å². The summed E-state index contributed by atoms with van der Waals surface area (Å²) in [4.78, 5) is 0. The van der Waals surface area contributed by atoms with Gasteiger partial charge in [-0.2, -0.15) is 0 Å². The first-order valence-corrected chi connectivity index (χ1v) is 15.9. The molecule has 2 rings (SSSR count). The van der Waals surface area contributed by atoms with Gasteiger partial charge in [-0.1, -0.05) is 64.6 Å². The van der Waals surface area contributed by atoms with E-state index in [4.69, 9.17) is 10.1 Å². The Kier molecular flexibility index (Phi) is 22.0. The molecule has 0 unspecified atom stereocenters. The highest BCUT2D eigenvalue weighted by atomic mass is 32.2. The van der Waals surface area contributed by atoms with E-state index in [0.29, 0.717) is 24.4 Å². The molecule has 0 aliphatic carbocycles. The van der Waals surface area contributed by atoms with Crippen molar-refractivity contribution in [3.8, 4) is 5.75 Å². The summed E-state index contributed by atoms with van der Waals surface area (Å²) in [5.74, 6) is -0.193. The van der Waals surface area contributed by atoms with E-state index in [1.54, 1.807) is 38.3 Å². The van der Waals surface area contributed by atoms with Crippen LogP contribution >= 0.6 is 0 Å². The van der Waals surface area contributed by atoms with E-state index in [1.165, 1.54) is 44.2 Å². The zero-order chi connectivity index (χ0) is 32.8. The lowest BCUT2D eigenvalue weighted by molar-refractivity contribution is 0.215. The molecular weight excluding hydrogens is 556 g/mol. The van der Waals surface area contributed by atoms with Crippen molar-refractivity contribution in [2.24, 2.45) is 0 Å². The second-order valence-corrected chi connectivity index (χ2v) is 11.9. The van der Waals surface area contributed by atoms with Crippen molar-refractivity contribution in [3.63, 3.8) is 0 Å². The summed E-state index contributed by atoms with van der Waals surface area (Å²) in [5.41, 5.74) is 1.10. The van der Waals surface area contributed by atoms with Crippen LogP contribution in [-0.2, 0) is 20.3 Å². The van der Waals surface area contributed by atoms with Crippen LogP contribution in [0.3, 0.4) is 0 Å². The van der Waals surface area contributed by atoms with Gasteiger partial charge in [0.2, 0.25) is 0 Å². The van der Waals surface area contributed by atoms with Crippen LogP contribution in [0.4, 0.5) is 8.78 Å². The SMILES string of the molecule is C=C/C=C(C)\C=C(/CCC)Oc1ccc(F)c(CS(=O)(=O)C(C)(C)C(=N)CC)c1.CC.CCOC.Fc1ccccc1. The third-order valence-corrected chi connectivity index (χ3v) is 8.25. The fourth-order valence-electron chi connectivity index (χ4n) is 3.18. The molecular formula is C34H51F2NO4S. The molecule has 0 aromatic heterocycles. The lowest BCUT2D eigenvalue weighted by Crippen LogP contribution is -2.40. The maximum Gasteiger partial charge on any atom is 0.165 e. The Morgan fingerprint density at radius 1 is 1.05 bits per heavy atom. The number of methoxy groups -OCH3 is 1. The maximum absolute atomic E-state index is 14.4. The molecule has 0 saturated heterocycles. The average molecular weight is 608 g/mol. The second-order valence-electron chi connectivity index (χ2n) is 9.34. The minimum Gasteiger partial charge on any atom is -0.462 e. The zero-order valence-corrected chi connectivity index (χ0v) is 27.7. The van der Waals surface area contributed by atoms with Crippen molar-refractivity contribution in [2.45, 2.75) is 85.2 Å². The molecule has 0 amide bonds. The van der Waals surface area contributed by atoms with Gasteiger partial charge in [0, 0.05) is 31.4 Å². The minimum atomic E-state index is -3.78. The molecule has 0 heterocycles. The predicted molar refractivity (Wildman–Crippen MR) is 174 cm³/mol. The van der Waals surface area contributed by atoms with Gasteiger partial charge in [-0.05, 0) is 82.5 Å². The number of allylic oxidation sites excluding steroid dienone is 5. The maximum atomic E-state index is 14.4. The summed E-state index contributed by atoms with van der Waals surface area (Å²) < 4.78 is 61.1. The number of benzene rings is 2. The Morgan fingerprint density at radius 3 is 2.05 bits per heavy atom. The third-order valence-electron chi connectivity index (χ3n) is 5.76. The Labute approximate surface area is 253 Å². The monoisotopic (exact) mass is 607 g/mol. The largest absolute Gasteiger partial charge is 0.462 e. The predicted octanol–water partition coefficient (Wildman–Crippen LogP) is 9.65. The van der Waals surface area contributed by atoms with Gasteiger partial charge in [0.05, 0.1) is 5.75 Å². The van der Waals surface area contributed by atoms with E-state index >= 15 is 0 Å². The normalized spacial score (nSPS) is 11.5. The van der Waals surface area contributed by atoms with Gasteiger partial charge >= 0.3 is 0 Å². The van der Waals surface area contributed by atoms with Crippen LogP contribution in [0.1, 0.15) is 80.2 Å². The summed E-state index contributed by atoms with van der Waals surface area (Å²) in [6.07, 6.45) is 7.30. The van der Waals surface area contributed by atoms with Crippen molar-refractivity contribution >= 4 is 15.5 Å². The molecule has 0 fully saturated rings. The molecule has 5 nitrogen and oxygen atoms in total. The van der Waals surface area contributed by atoms with E-state index in [9.17, 15) is 17.2 Å². The van der Waals surface area contributed by atoms with Crippen LogP contribution in [-0.4, -0.2) is 32.6 Å². The summed E-state index contributed by atoms with van der Waals surface area (Å²) in [6, 6.07) is 12.1. The quantitative estimate of drug-likeness (QED) is 0.148. The molecule has 1 N–H and O–H groups in total. The van der Waals surface area contributed by atoms with E-state index in [0.717, 1.165) is 18.6 Å². The van der Waals surface area contributed by atoms with Gasteiger partial charge in [-0.25, -0.2) is 17.2 Å². The van der Waals surface area contributed by atoms with Gasteiger partial charge < -0.3 is 14.9 Å². The van der Waals surface area contributed by atoms with Gasteiger partial charge in [-0.3, -0.25) is 0 Å². The molecule has 0 bridgehead atoms. The fraction of sp³-hybridized carbons (Fsp3) is 0.441. The minimum absolute atomic E-state index is 0.0358. The van der Waals surface area contributed by atoms with Crippen LogP contribution in [0.2, 0.25) is 0 Å². The molecule has 42 heavy (non-hydrogen) atoms. The number of hydrogen-bond acceptors (Lipinski definition) is 5. The van der Waals surface area contributed by atoms with E-state index in [-0.39, 0.29) is 17.1 Å². The molecule has 2 aromatic carbocycles. The van der Waals surface area contributed by atoms with E-state index < -0.39 is 26.2 Å². The van der Waals surface area contributed by atoms with Crippen molar-refractivity contribution in [3.05, 3.63) is 102 Å². The van der Waals surface area contributed by atoms with Crippen LogP contribution in [0.5, 0.6) is 5.75 Å². The Bertz CT molecular complexity index is 1220. The van der Waals surface area contributed by atoms with Gasteiger partial charge in [0.1, 0.15) is 27.9 Å². The van der Waals surface area contributed by atoms with E-state index in [1.807, 2.05) is 46.8 Å². The third kappa shape index (κ3) is 15.8. The Hall–Kier alpha value is -3.10. The smallest absolute Gasteiger partial charge is 0.165 e. The van der Waals surface area contributed by atoms with Crippen molar-refractivity contribution in [2.75, 3.05) is 13.7 Å². The molecule has 0 atom stereocenters. The highest BCUT2D eigenvalue weighted by molar-refractivity contribution is 7.92. The van der Waals surface area contributed by atoms with Crippen LogP contribution in [0.15, 0.2) is 84.7 Å². The molecule has 0 aliphatic heterocycles. The molecule has 0 saturated carbocycles. The van der Waals surface area contributed by atoms with Crippen LogP contribution in [0.25, 0.3) is 0 Å². The molecule has 0 aliphatic rings. The van der Waals surface area contributed by atoms with E-state index in [2.05, 4.69) is 11.3 Å². The molecule has 0 spiro atoms. The fourth-order valence-corrected chi connectivity index (χ4v) is 4.69. The number of hydrogen-bond donors (Lipinski definition) is 1. The highest BCUT2D eigenvalue weighted by Gasteiger charge is 2.38. The summed E-state index contributed by atoms with van der Waals surface area (Å²) in [5, 5.41) is 7.98. The van der Waals surface area contributed by atoms with Crippen LogP contribution in [0, 0.1) is 17.0 Å². The highest BCUT2D eigenvalue weighted by Crippen LogP contribution is 2.28. The number of nitrogens with one attached hydrogen (secondary N) is 1. The summed E-state index contributed by atoms with van der Waals surface area (Å²) in [6.45, 7) is 19.1. The molecule has 236 valence electrons. The molecule has 8 heteroatoms. The molecule has 0 radical (unpaired) electrons. The first-order chi connectivity index (χ1) is 19.8. The lowest BCUT2D eigenvalue weighted by atomic mass is 10.1. The molecule has 2 aromatic rings. The summed E-state index contributed by atoms with van der Waals surface area (Å²) >= 11 is 0. The van der Waals surface area contributed by atoms with Crippen LogP contribution < -0.4 is 4.74 Å². The van der Waals surface area contributed by atoms with Gasteiger partial charge in [0.15, 0.2) is 9.84 Å². The standard InChI is InChI=1S/C23H32FNO3S.C6H5F.C3H8O.C2H6/c1-7-10-17(4)14-19(11-8-2)28-20-12-13-21(24)18(15-20)16-29(26,27)23(5,6)22(25)9-3;7-6-4-2-1-3-5-6;1-3-4-2;1-2/h7,10,12-15,25H,1,8-9,11,16H2,2-6H3;1-5H;3H2,1-2H3;1-2H3/b17-10-,19-14+,25-22?;;;. The average Bonchev–Trinajstić information content (AvgIpc) is 2.96.